The van der Waals surface area contributed by atoms with Crippen molar-refractivity contribution in [1.29, 1.82) is 0 Å². The lowest BCUT2D eigenvalue weighted by molar-refractivity contribution is -0.148. The van der Waals surface area contributed by atoms with Crippen molar-refractivity contribution in [1.82, 2.24) is 14.9 Å². The van der Waals surface area contributed by atoms with Crippen molar-refractivity contribution in [2.75, 3.05) is 32.6 Å². The third-order valence-corrected chi connectivity index (χ3v) is 5.95. The second kappa shape index (κ2) is 11.1. The third-order valence-electron chi connectivity index (χ3n) is 5.95. The van der Waals surface area contributed by atoms with Crippen molar-refractivity contribution >= 4 is 23.5 Å². The SMILES string of the molecule is CN=CC(=C(N)C(=O)N1CC(F)(F)CC(C)[C@H]1CNc1ccc(C(F)(F)F)cn1)c1ccc(OC)cn1. The van der Waals surface area contributed by atoms with Crippen molar-refractivity contribution in [3.63, 3.8) is 0 Å². The number of hydrogen-bond donors (Lipinski definition) is 2. The van der Waals surface area contributed by atoms with E-state index in [4.69, 9.17) is 10.5 Å². The second-order valence-corrected chi connectivity index (χ2v) is 8.65. The average Bonchev–Trinajstić information content (AvgIpc) is 2.85. The highest BCUT2D eigenvalue weighted by Gasteiger charge is 2.46. The van der Waals surface area contributed by atoms with Crippen LogP contribution in [-0.4, -0.2) is 66.2 Å². The molecule has 1 aliphatic heterocycles. The summed E-state index contributed by atoms with van der Waals surface area (Å²) < 4.78 is 72.6. The first kappa shape index (κ1) is 27.8. The fourth-order valence-corrected chi connectivity index (χ4v) is 4.09. The molecule has 3 N–H and O–H groups in total. The molecule has 3 rings (SSSR count). The molecular formula is C24H27F5N6O2. The zero-order valence-electron chi connectivity index (χ0n) is 20.4. The highest BCUT2D eigenvalue weighted by Crippen LogP contribution is 2.35. The molecule has 3 heterocycles. The van der Waals surface area contributed by atoms with Gasteiger partial charge in [-0.05, 0) is 30.2 Å². The van der Waals surface area contributed by atoms with Gasteiger partial charge in [0.15, 0.2) is 0 Å². The lowest BCUT2D eigenvalue weighted by atomic mass is 9.88. The van der Waals surface area contributed by atoms with Crippen LogP contribution in [0.1, 0.15) is 24.6 Å². The number of carbonyl (C=O) groups excluding carboxylic acids is 1. The minimum absolute atomic E-state index is 0.0351. The van der Waals surface area contributed by atoms with E-state index in [1.54, 1.807) is 19.1 Å². The van der Waals surface area contributed by atoms with Gasteiger partial charge in [-0.2, -0.15) is 13.2 Å². The molecule has 200 valence electrons. The van der Waals surface area contributed by atoms with Gasteiger partial charge in [-0.15, -0.1) is 0 Å². The summed E-state index contributed by atoms with van der Waals surface area (Å²) in [5.41, 5.74) is 5.37. The van der Waals surface area contributed by atoms with E-state index in [-0.39, 0.29) is 29.3 Å². The number of anilines is 1. The Bertz CT molecular complexity index is 1150. The Labute approximate surface area is 210 Å². The van der Waals surface area contributed by atoms with Gasteiger partial charge in [0.05, 0.1) is 37.2 Å². The molecule has 1 amide bonds. The first-order chi connectivity index (χ1) is 17.4. The Hall–Kier alpha value is -3.77. The molecule has 0 aromatic carbocycles. The molecule has 2 atom stereocenters. The molecule has 0 bridgehead atoms. The fraction of sp³-hybridized carbons (Fsp3) is 0.417. The number of amides is 1. The van der Waals surface area contributed by atoms with Crippen LogP contribution in [0.25, 0.3) is 5.57 Å². The number of piperidine rings is 1. The Morgan fingerprint density at radius 1 is 1.27 bits per heavy atom. The number of methoxy groups -OCH3 is 1. The molecule has 8 nitrogen and oxygen atoms in total. The maximum absolute atomic E-state index is 14.5. The van der Waals surface area contributed by atoms with Gasteiger partial charge in [0.25, 0.3) is 11.8 Å². The van der Waals surface area contributed by atoms with Gasteiger partial charge in [0.2, 0.25) is 0 Å². The third kappa shape index (κ3) is 6.71. The van der Waals surface area contributed by atoms with Gasteiger partial charge in [-0.3, -0.25) is 14.8 Å². The van der Waals surface area contributed by atoms with Gasteiger partial charge in [-0.1, -0.05) is 6.92 Å². The number of nitrogens with one attached hydrogen (secondary N) is 1. The molecule has 1 saturated heterocycles. The van der Waals surface area contributed by atoms with Crippen LogP contribution in [0.5, 0.6) is 5.75 Å². The molecule has 2 aromatic heterocycles. The van der Waals surface area contributed by atoms with Crippen molar-refractivity contribution in [2.24, 2.45) is 16.6 Å². The number of aromatic nitrogens is 2. The summed E-state index contributed by atoms with van der Waals surface area (Å²) >= 11 is 0. The van der Waals surface area contributed by atoms with E-state index >= 15 is 0 Å². The van der Waals surface area contributed by atoms with Crippen LogP contribution in [0.15, 0.2) is 47.3 Å². The first-order valence-electron chi connectivity index (χ1n) is 11.2. The highest BCUT2D eigenvalue weighted by molar-refractivity contribution is 6.18. The summed E-state index contributed by atoms with van der Waals surface area (Å²) in [6.07, 6.45) is -1.62. The van der Waals surface area contributed by atoms with Crippen molar-refractivity contribution < 1.29 is 31.5 Å². The molecule has 1 aliphatic rings. The number of pyridine rings is 2. The summed E-state index contributed by atoms with van der Waals surface area (Å²) in [5, 5.41) is 2.85. The van der Waals surface area contributed by atoms with Crippen molar-refractivity contribution in [3.8, 4) is 5.75 Å². The minimum Gasteiger partial charge on any atom is -0.495 e. The molecule has 0 spiro atoms. The first-order valence-corrected chi connectivity index (χ1v) is 11.2. The van der Waals surface area contributed by atoms with Crippen LogP contribution in [0.4, 0.5) is 27.8 Å². The maximum Gasteiger partial charge on any atom is 0.417 e. The molecule has 1 unspecified atom stereocenters. The summed E-state index contributed by atoms with van der Waals surface area (Å²) in [7, 11) is 2.92. The molecule has 2 aromatic rings. The number of halogens is 5. The zero-order chi connectivity index (χ0) is 27.4. The quantitative estimate of drug-likeness (QED) is 0.323. The lowest BCUT2D eigenvalue weighted by Gasteiger charge is -2.43. The van der Waals surface area contributed by atoms with E-state index in [9.17, 15) is 26.7 Å². The Morgan fingerprint density at radius 2 is 2.00 bits per heavy atom. The second-order valence-electron chi connectivity index (χ2n) is 8.65. The number of nitrogens with two attached hydrogens (primary N) is 1. The van der Waals surface area contributed by atoms with E-state index in [1.165, 1.54) is 26.6 Å². The fourth-order valence-electron chi connectivity index (χ4n) is 4.09. The summed E-state index contributed by atoms with van der Waals surface area (Å²) in [6, 6.07) is 4.40. The van der Waals surface area contributed by atoms with E-state index in [0.29, 0.717) is 11.9 Å². The number of aliphatic imine (C=N–C) groups is 1. The van der Waals surface area contributed by atoms with Gasteiger partial charge < -0.3 is 20.7 Å². The smallest absolute Gasteiger partial charge is 0.417 e. The summed E-state index contributed by atoms with van der Waals surface area (Å²) in [6.45, 7) is 0.655. The minimum atomic E-state index is -4.54. The molecule has 0 aliphatic carbocycles. The number of alkyl halides is 5. The average molecular weight is 527 g/mol. The van der Waals surface area contributed by atoms with Crippen LogP contribution >= 0.6 is 0 Å². The maximum atomic E-state index is 14.5. The zero-order valence-corrected chi connectivity index (χ0v) is 20.4. The Balaban J connectivity index is 1.89. The van der Waals surface area contributed by atoms with Gasteiger partial charge in [0.1, 0.15) is 17.3 Å². The van der Waals surface area contributed by atoms with Crippen LogP contribution in [0.3, 0.4) is 0 Å². The highest BCUT2D eigenvalue weighted by atomic mass is 19.4. The number of nitrogens with zero attached hydrogens (tertiary/aromatic N) is 4. The molecule has 0 saturated carbocycles. The van der Waals surface area contributed by atoms with Crippen LogP contribution < -0.4 is 15.8 Å². The lowest BCUT2D eigenvalue weighted by Crippen LogP contribution is -2.58. The van der Waals surface area contributed by atoms with Crippen molar-refractivity contribution in [3.05, 3.63) is 53.6 Å². The van der Waals surface area contributed by atoms with Gasteiger partial charge >= 0.3 is 6.18 Å². The molecule has 37 heavy (non-hydrogen) atoms. The van der Waals surface area contributed by atoms with Crippen molar-refractivity contribution in [2.45, 2.75) is 31.5 Å². The number of hydrogen-bond acceptors (Lipinski definition) is 7. The molecule has 0 radical (unpaired) electrons. The number of allylic oxidation sites excluding steroid dienone is 1. The van der Waals surface area contributed by atoms with E-state index in [1.807, 2.05) is 0 Å². The van der Waals surface area contributed by atoms with Gasteiger partial charge in [-0.25, -0.2) is 13.8 Å². The van der Waals surface area contributed by atoms with E-state index in [0.717, 1.165) is 17.0 Å². The van der Waals surface area contributed by atoms with Crippen LogP contribution in [0, 0.1) is 5.92 Å². The Kier molecular flexibility index (Phi) is 8.34. The number of likely N-dealkylation sites (tertiary alicyclic amines) is 1. The molecular weight excluding hydrogens is 499 g/mol. The van der Waals surface area contributed by atoms with Crippen LogP contribution in [-0.2, 0) is 11.0 Å². The molecule has 1 fully saturated rings. The number of rotatable bonds is 7. The standard InChI is InChI=1S/C24H27F5N6O2/c1-14-8-23(25,26)13-35(19(14)12-34-20-7-4-15(9-33-20)24(27,28)29)22(36)21(30)17(11-31-2)18-6-5-16(37-3)10-32-18/h4-7,9-11,14,19H,8,12-13,30H2,1-3H3,(H,33,34)/t14?,19-/m1/s1. The van der Waals surface area contributed by atoms with E-state index in [2.05, 4.69) is 20.3 Å². The Morgan fingerprint density at radius 3 is 2.54 bits per heavy atom. The topological polar surface area (TPSA) is 106 Å². The normalized spacial score (nSPS) is 20.5. The number of carbonyl (C=O) groups is 1. The van der Waals surface area contributed by atoms with Crippen LogP contribution in [0.2, 0.25) is 0 Å². The summed E-state index contributed by atoms with van der Waals surface area (Å²) in [5.74, 6) is -4.09. The predicted octanol–water partition coefficient (Wildman–Crippen LogP) is 3.86. The van der Waals surface area contributed by atoms with Gasteiger partial charge in [0, 0.05) is 38.0 Å². The largest absolute Gasteiger partial charge is 0.495 e. The summed E-state index contributed by atoms with van der Waals surface area (Å²) in [4.78, 5) is 26.3. The number of ether oxygens (including phenoxy) is 1. The monoisotopic (exact) mass is 526 g/mol. The van der Waals surface area contributed by atoms with E-state index < -0.39 is 48.5 Å². The predicted molar refractivity (Wildman–Crippen MR) is 128 cm³/mol. The molecule has 13 heteroatoms.